The molecule has 3 aromatic rings. The predicted octanol–water partition coefficient (Wildman–Crippen LogP) is 3.63. The van der Waals surface area contributed by atoms with Crippen LogP contribution in [0.3, 0.4) is 0 Å². The van der Waals surface area contributed by atoms with Gasteiger partial charge in [0.1, 0.15) is 0 Å². The second-order valence-corrected chi connectivity index (χ2v) is 7.62. The average Bonchev–Trinajstić information content (AvgIpc) is 2.79. The van der Waals surface area contributed by atoms with Gasteiger partial charge in [0.2, 0.25) is 0 Å². The van der Waals surface area contributed by atoms with Crippen LogP contribution in [0.2, 0.25) is 0 Å². The molecule has 2 heterocycles. The lowest BCUT2D eigenvalue weighted by Crippen LogP contribution is -2.34. The first-order valence-corrected chi connectivity index (χ1v) is 10.3. The number of benzene rings is 2. The molecule has 1 aliphatic heterocycles. The first kappa shape index (κ1) is 20.3. The maximum Gasteiger partial charge on any atom is 0.262 e. The Morgan fingerprint density at radius 2 is 2.00 bits per heavy atom. The van der Waals surface area contributed by atoms with Gasteiger partial charge in [-0.3, -0.25) is 14.2 Å². The van der Waals surface area contributed by atoms with Crippen LogP contribution >= 0.6 is 12.2 Å². The molecule has 0 radical (unpaired) electrons. The number of fused-ring (bicyclic) bond motifs is 1. The number of rotatable bonds is 5. The third-order valence-corrected chi connectivity index (χ3v) is 5.71. The number of carbonyl (C=O) groups excluding carboxylic acids is 1. The molecule has 1 aromatic heterocycles. The molecule has 7 heteroatoms. The number of hydrogen-bond acceptors (Lipinski definition) is 4. The third kappa shape index (κ3) is 3.99. The summed E-state index contributed by atoms with van der Waals surface area (Å²) in [6.07, 6.45) is 2.93. The summed E-state index contributed by atoms with van der Waals surface area (Å²) in [5.74, 6) is -0.0526. The summed E-state index contributed by atoms with van der Waals surface area (Å²) in [4.78, 5) is 30.6. The van der Waals surface area contributed by atoms with Gasteiger partial charge in [-0.1, -0.05) is 36.4 Å². The van der Waals surface area contributed by atoms with Gasteiger partial charge in [-0.2, -0.15) is 0 Å². The van der Waals surface area contributed by atoms with E-state index in [2.05, 4.69) is 23.2 Å². The molecule has 0 bridgehead atoms. The Balaban J connectivity index is 1.58. The fourth-order valence-electron chi connectivity index (χ4n) is 3.72. The number of amides is 1. The number of aromatic nitrogens is 2. The van der Waals surface area contributed by atoms with Gasteiger partial charge in [-0.25, -0.2) is 0 Å². The highest BCUT2D eigenvalue weighted by Crippen LogP contribution is 2.23. The van der Waals surface area contributed by atoms with Gasteiger partial charge >= 0.3 is 0 Å². The maximum absolute atomic E-state index is 13.0. The van der Waals surface area contributed by atoms with Crippen molar-refractivity contribution in [3.63, 3.8) is 0 Å². The number of hydrogen-bond donors (Lipinski definition) is 1. The fourth-order valence-corrected chi connectivity index (χ4v) is 4.01. The minimum absolute atomic E-state index is 0.0526. The van der Waals surface area contributed by atoms with Gasteiger partial charge < -0.3 is 14.6 Å². The lowest BCUT2D eigenvalue weighted by Gasteiger charge is -2.27. The van der Waals surface area contributed by atoms with Crippen molar-refractivity contribution < 1.29 is 9.53 Å². The second-order valence-electron chi connectivity index (χ2n) is 7.24. The van der Waals surface area contributed by atoms with Gasteiger partial charge in [0.15, 0.2) is 4.77 Å². The Kier molecular flexibility index (Phi) is 5.92. The predicted molar refractivity (Wildman–Crippen MR) is 120 cm³/mol. The fraction of sp³-hybridized carbons (Fsp3) is 0.261. The molecule has 0 fully saturated rings. The van der Waals surface area contributed by atoms with Crippen molar-refractivity contribution in [3.8, 4) is 0 Å². The van der Waals surface area contributed by atoms with E-state index < -0.39 is 0 Å². The van der Waals surface area contributed by atoms with Crippen LogP contribution < -0.4 is 5.56 Å². The number of nitrogens with one attached hydrogen (secondary N) is 1. The Morgan fingerprint density at radius 1 is 1.20 bits per heavy atom. The summed E-state index contributed by atoms with van der Waals surface area (Å²) in [5.41, 5.74) is 3.39. The molecule has 1 aliphatic rings. The van der Waals surface area contributed by atoms with Crippen LogP contribution in [0.25, 0.3) is 16.5 Å². The van der Waals surface area contributed by atoms with Crippen LogP contribution in [0, 0.1) is 4.77 Å². The molecule has 0 atom stereocenters. The normalized spacial score (nSPS) is 14.0. The van der Waals surface area contributed by atoms with Crippen molar-refractivity contribution in [1.29, 1.82) is 0 Å². The molecule has 0 saturated heterocycles. The van der Waals surface area contributed by atoms with Crippen molar-refractivity contribution >= 4 is 34.6 Å². The van der Waals surface area contributed by atoms with E-state index in [-0.39, 0.29) is 11.5 Å². The lowest BCUT2D eigenvalue weighted by atomic mass is 9.99. The summed E-state index contributed by atoms with van der Waals surface area (Å²) in [7, 11) is 1.58. The third-order valence-electron chi connectivity index (χ3n) is 5.39. The molecule has 30 heavy (non-hydrogen) atoms. The average molecular weight is 422 g/mol. The van der Waals surface area contributed by atoms with Crippen molar-refractivity contribution in [2.24, 2.45) is 0 Å². The molecular formula is C23H23N3O3S. The lowest BCUT2D eigenvalue weighted by molar-refractivity contribution is 0.0773. The molecular weight excluding hydrogens is 398 g/mol. The maximum atomic E-state index is 13.0. The Morgan fingerprint density at radius 3 is 2.70 bits per heavy atom. The van der Waals surface area contributed by atoms with Crippen LogP contribution in [0.1, 0.15) is 22.3 Å². The molecule has 0 aliphatic carbocycles. The number of H-pyrrole nitrogens is 1. The Bertz CT molecular complexity index is 1230. The van der Waals surface area contributed by atoms with Gasteiger partial charge in [-0.05, 0) is 48.0 Å². The molecule has 2 aromatic carbocycles. The van der Waals surface area contributed by atoms with Crippen molar-refractivity contribution in [2.45, 2.75) is 13.0 Å². The van der Waals surface area contributed by atoms with Crippen molar-refractivity contribution in [1.82, 2.24) is 14.5 Å². The molecule has 154 valence electrons. The Hall–Kier alpha value is -3.03. The highest BCUT2D eigenvalue weighted by molar-refractivity contribution is 7.71. The van der Waals surface area contributed by atoms with Gasteiger partial charge in [-0.15, -0.1) is 0 Å². The van der Waals surface area contributed by atoms with Gasteiger partial charge in [0, 0.05) is 25.8 Å². The zero-order valence-electron chi connectivity index (χ0n) is 16.8. The minimum Gasteiger partial charge on any atom is -0.383 e. The molecule has 6 nitrogen and oxygen atoms in total. The highest BCUT2D eigenvalue weighted by Gasteiger charge is 2.20. The van der Waals surface area contributed by atoms with Crippen LogP contribution in [-0.4, -0.2) is 47.2 Å². The van der Waals surface area contributed by atoms with E-state index in [1.165, 1.54) is 15.7 Å². The number of aromatic amines is 1. The van der Waals surface area contributed by atoms with Gasteiger partial charge in [0.05, 0.1) is 24.1 Å². The Labute approximate surface area is 179 Å². The zero-order valence-corrected chi connectivity index (χ0v) is 17.6. The number of carbonyl (C=O) groups is 1. The second kappa shape index (κ2) is 8.77. The topological polar surface area (TPSA) is 67.3 Å². The zero-order chi connectivity index (χ0) is 21.1. The molecule has 1 amide bonds. The van der Waals surface area contributed by atoms with E-state index >= 15 is 0 Å². The van der Waals surface area contributed by atoms with Crippen LogP contribution in [-0.2, 0) is 11.3 Å². The monoisotopic (exact) mass is 421 g/mol. The molecule has 0 spiro atoms. The summed E-state index contributed by atoms with van der Waals surface area (Å²) in [6, 6.07) is 15.3. The van der Waals surface area contributed by atoms with Crippen molar-refractivity contribution in [2.75, 3.05) is 26.8 Å². The van der Waals surface area contributed by atoms with Gasteiger partial charge in [0.25, 0.3) is 11.5 Å². The van der Waals surface area contributed by atoms with Crippen molar-refractivity contribution in [3.05, 3.63) is 80.9 Å². The first-order chi connectivity index (χ1) is 14.6. The highest BCUT2D eigenvalue weighted by atomic mass is 32.1. The van der Waals surface area contributed by atoms with E-state index in [1.807, 2.05) is 23.1 Å². The smallest absolute Gasteiger partial charge is 0.262 e. The number of methoxy groups -OCH3 is 1. The molecule has 0 unspecified atom stereocenters. The number of nitrogens with zero attached hydrogens (tertiary/aromatic N) is 2. The summed E-state index contributed by atoms with van der Waals surface area (Å²) in [6.45, 7) is 2.00. The molecule has 1 N–H and O–H groups in total. The van der Waals surface area contributed by atoms with E-state index in [4.69, 9.17) is 17.0 Å². The standard InChI is InChI=1S/C23H23N3O3S/c1-29-14-13-26-22(28)19-8-7-18(15-20(19)24-23(26)30)21(27)25-11-9-17(10-12-25)16-5-3-2-4-6-16/h2-9,15H,10-14H2,1H3,(H,24,30). The minimum atomic E-state index is -0.182. The van der Waals surface area contributed by atoms with E-state index in [0.717, 1.165) is 6.42 Å². The summed E-state index contributed by atoms with van der Waals surface area (Å²) in [5, 5.41) is 0.501. The molecule has 0 saturated carbocycles. The van der Waals surface area contributed by atoms with Crippen LogP contribution in [0.5, 0.6) is 0 Å². The first-order valence-electron chi connectivity index (χ1n) is 9.88. The van der Waals surface area contributed by atoms with E-state index in [1.54, 1.807) is 25.3 Å². The SMILES string of the molecule is COCCn1c(=S)[nH]c2cc(C(=O)N3CC=C(c4ccccc4)CC3)ccc2c1=O. The number of ether oxygens (including phenoxy) is 1. The van der Waals surface area contributed by atoms with Crippen LogP contribution in [0.15, 0.2) is 59.4 Å². The van der Waals surface area contributed by atoms with E-state index in [9.17, 15) is 9.59 Å². The van der Waals surface area contributed by atoms with Crippen LogP contribution in [0.4, 0.5) is 0 Å². The quantitative estimate of drug-likeness (QED) is 0.639. The molecule has 4 rings (SSSR count). The summed E-state index contributed by atoms with van der Waals surface area (Å²) >= 11 is 5.32. The largest absolute Gasteiger partial charge is 0.383 e. The summed E-state index contributed by atoms with van der Waals surface area (Å²) < 4.78 is 6.84. The van der Waals surface area contributed by atoms with E-state index in [0.29, 0.717) is 47.5 Å².